The number of nitrogens with zero attached hydrogens (tertiary/aromatic N) is 1. The number of ether oxygens (including phenoxy) is 1. The summed E-state index contributed by atoms with van der Waals surface area (Å²) in [6.07, 6.45) is 0. The molecule has 3 aromatic rings. The molecule has 0 saturated carbocycles. The van der Waals surface area contributed by atoms with E-state index in [4.69, 9.17) is 16.3 Å². The Morgan fingerprint density at radius 3 is 2.50 bits per heavy atom. The van der Waals surface area contributed by atoms with Crippen molar-refractivity contribution in [3.8, 4) is 0 Å². The van der Waals surface area contributed by atoms with Crippen LogP contribution in [0.15, 0.2) is 48.5 Å². The minimum absolute atomic E-state index is 0.0912. The monoisotopic (exact) mass is 376 g/mol. The fourth-order valence-electron chi connectivity index (χ4n) is 2.31. The van der Waals surface area contributed by atoms with Crippen LogP contribution < -0.4 is 5.32 Å². The van der Waals surface area contributed by atoms with Gasteiger partial charge in [0, 0.05) is 5.39 Å². The SMILES string of the molecule is O=C(COC(=O)c1cc(Cl)nc2ccccc12)Nc1c(F)cccc1F. The highest BCUT2D eigenvalue weighted by atomic mass is 35.5. The lowest BCUT2D eigenvalue weighted by molar-refractivity contribution is -0.119. The number of esters is 1. The van der Waals surface area contributed by atoms with Crippen LogP contribution in [0.1, 0.15) is 10.4 Å². The zero-order chi connectivity index (χ0) is 18.7. The number of fused-ring (bicyclic) bond motifs is 1. The smallest absolute Gasteiger partial charge is 0.339 e. The number of rotatable bonds is 4. The number of nitrogens with one attached hydrogen (secondary N) is 1. The van der Waals surface area contributed by atoms with Crippen molar-refractivity contribution in [3.05, 3.63) is 70.9 Å². The second-order valence-corrected chi connectivity index (χ2v) is 5.62. The third kappa shape index (κ3) is 3.78. The second-order valence-electron chi connectivity index (χ2n) is 5.23. The number of anilines is 1. The van der Waals surface area contributed by atoms with E-state index in [1.807, 2.05) is 5.32 Å². The van der Waals surface area contributed by atoms with Crippen molar-refractivity contribution in [1.29, 1.82) is 0 Å². The molecular formula is C18H11ClF2N2O3. The molecule has 1 amide bonds. The van der Waals surface area contributed by atoms with Gasteiger partial charge >= 0.3 is 5.97 Å². The first-order valence-electron chi connectivity index (χ1n) is 7.42. The van der Waals surface area contributed by atoms with E-state index in [-0.39, 0.29) is 10.7 Å². The number of pyridine rings is 1. The van der Waals surface area contributed by atoms with Crippen molar-refractivity contribution in [2.24, 2.45) is 0 Å². The van der Waals surface area contributed by atoms with Crippen LogP contribution in [0.4, 0.5) is 14.5 Å². The summed E-state index contributed by atoms with van der Waals surface area (Å²) in [7, 11) is 0. The van der Waals surface area contributed by atoms with Crippen LogP contribution in [-0.2, 0) is 9.53 Å². The first kappa shape index (κ1) is 17.8. The first-order valence-corrected chi connectivity index (χ1v) is 7.80. The summed E-state index contributed by atoms with van der Waals surface area (Å²) in [5.41, 5.74) is 0.0151. The second kappa shape index (κ2) is 7.45. The average molecular weight is 377 g/mol. The molecule has 0 unspecified atom stereocenters. The molecule has 1 aromatic heterocycles. The fourth-order valence-corrected chi connectivity index (χ4v) is 2.51. The van der Waals surface area contributed by atoms with Gasteiger partial charge in [0.2, 0.25) is 0 Å². The summed E-state index contributed by atoms with van der Waals surface area (Å²) in [5.74, 6) is -3.56. The molecule has 0 fully saturated rings. The molecule has 3 rings (SSSR count). The Hall–Kier alpha value is -3.06. The van der Waals surface area contributed by atoms with Crippen LogP contribution in [0.2, 0.25) is 5.15 Å². The lowest BCUT2D eigenvalue weighted by Gasteiger charge is -2.09. The molecule has 0 spiro atoms. The van der Waals surface area contributed by atoms with Gasteiger partial charge in [-0.3, -0.25) is 4.79 Å². The van der Waals surface area contributed by atoms with E-state index < -0.39 is 35.8 Å². The van der Waals surface area contributed by atoms with E-state index in [1.165, 1.54) is 12.1 Å². The first-order chi connectivity index (χ1) is 12.5. The Morgan fingerprint density at radius 1 is 1.08 bits per heavy atom. The number of amides is 1. The van der Waals surface area contributed by atoms with Gasteiger partial charge in [0.15, 0.2) is 6.61 Å². The zero-order valence-electron chi connectivity index (χ0n) is 13.1. The molecule has 26 heavy (non-hydrogen) atoms. The van der Waals surface area contributed by atoms with E-state index >= 15 is 0 Å². The number of hydrogen-bond donors (Lipinski definition) is 1. The van der Waals surface area contributed by atoms with Crippen LogP contribution in [0.3, 0.4) is 0 Å². The maximum absolute atomic E-state index is 13.5. The molecule has 0 aliphatic heterocycles. The van der Waals surface area contributed by atoms with E-state index in [0.29, 0.717) is 10.9 Å². The number of benzene rings is 2. The number of hydrogen-bond acceptors (Lipinski definition) is 4. The Bertz CT molecular complexity index is 991. The maximum Gasteiger partial charge on any atom is 0.339 e. The van der Waals surface area contributed by atoms with Crippen molar-refractivity contribution in [3.63, 3.8) is 0 Å². The van der Waals surface area contributed by atoms with Crippen LogP contribution in [0.25, 0.3) is 10.9 Å². The topological polar surface area (TPSA) is 68.3 Å². The molecule has 1 N–H and O–H groups in total. The van der Waals surface area contributed by atoms with Crippen molar-refractivity contribution in [1.82, 2.24) is 4.98 Å². The van der Waals surface area contributed by atoms with Crippen LogP contribution in [0.5, 0.6) is 0 Å². The van der Waals surface area contributed by atoms with Gasteiger partial charge in [-0.25, -0.2) is 18.6 Å². The number of aromatic nitrogens is 1. The Kier molecular flexibility index (Phi) is 5.09. The molecule has 0 radical (unpaired) electrons. The minimum Gasteiger partial charge on any atom is -0.452 e. The van der Waals surface area contributed by atoms with Gasteiger partial charge in [-0.05, 0) is 24.3 Å². The maximum atomic E-state index is 13.5. The summed E-state index contributed by atoms with van der Waals surface area (Å²) in [5, 5.41) is 2.62. The molecule has 1 heterocycles. The lowest BCUT2D eigenvalue weighted by Crippen LogP contribution is -2.22. The van der Waals surface area contributed by atoms with Crippen molar-refractivity contribution in [2.45, 2.75) is 0 Å². The highest BCUT2D eigenvalue weighted by Gasteiger charge is 2.17. The number of halogens is 3. The molecular weight excluding hydrogens is 366 g/mol. The predicted octanol–water partition coefficient (Wildman–Crippen LogP) is 3.96. The van der Waals surface area contributed by atoms with Crippen LogP contribution in [0, 0.1) is 11.6 Å². The van der Waals surface area contributed by atoms with Gasteiger partial charge in [-0.1, -0.05) is 35.9 Å². The normalized spacial score (nSPS) is 10.6. The molecule has 0 aliphatic carbocycles. The number of para-hydroxylation sites is 2. The van der Waals surface area contributed by atoms with E-state index in [9.17, 15) is 18.4 Å². The summed E-state index contributed by atoms with van der Waals surface area (Å²) in [6, 6.07) is 11.3. The van der Waals surface area contributed by atoms with Crippen molar-refractivity contribution >= 4 is 40.1 Å². The van der Waals surface area contributed by atoms with Crippen molar-refractivity contribution < 1.29 is 23.1 Å². The molecule has 5 nitrogen and oxygen atoms in total. The van der Waals surface area contributed by atoms with Gasteiger partial charge < -0.3 is 10.1 Å². The molecule has 8 heteroatoms. The minimum atomic E-state index is -0.934. The highest BCUT2D eigenvalue weighted by Crippen LogP contribution is 2.22. The Morgan fingerprint density at radius 2 is 1.77 bits per heavy atom. The fraction of sp³-hybridized carbons (Fsp3) is 0.0556. The molecule has 0 aliphatic rings. The summed E-state index contributed by atoms with van der Waals surface area (Å²) < 4.78 is 31.9. The Balaban J connectivity index is 1.72. The predicted molar refractivity (Wildman–Crippen MR) is 92.0 cm³/mol. The third-order valence-electron chi connectivity index (χ3n) is 3.47. The highest BCUT2D eigenvalue weighted by molar-refractivity contribution is 6.30. The van der Waals surface area contributed by atoms with Gasteiger partial charge in [0.05, 0.1) is 11.1 Å². The third-order valence-corrected chi connectivity index (χ3v) is 3.66. The molecule has 0 atom stereocenters. The summed E-state index contributed by atoms with van der Waals surface area (Å²) in [4.78, 5) is 28.2. The van der Waals surface area contributed by atoms with Crippen LogP contribution in [-0.4, -0.2) is 23.5 Å². The number of carbonyl (C=O) groups excluding carboxylic acids is 2. The molecule has 2 aromatic carbocycles. The lowest BCUT2D eigenvalue weighted by atomic mass is 10.1. The number of carbonyl (C=O) groups is 2. The van der Waals surface area contributed by atoms with Gasteiger partial charge in [-0.2, -0.15) is 0 Å². The van der Waals surface area contributed by atoms with E-state index in [0.717, 1.165) is 12.1 Å². The van der Waals surface area contributed by atoms with Gasteiger partial charge in [0.25, 0.3) is 5.91 Å². The molecule has 0 saturated heterocycles. The largest absolute Gasteiger partial charge is 0.452 e. The summed E-state index contributed by atoms with van der Waals surface area (Å²) >= 11 is 5.89. The van der Waals surface area contributed by atoms with Crippen molar-refractivity contribution in [2.75, 3.05) is 11.9 Å². The molecule has 132 valence electrons. The average Bonchev–Trinajstić information content (AvgIpc) is 2.62. The standard InChI is InChI=1S/C18H11ClF2N2O3/c19-15-8-11(10-4-1-2-7-14(10)22-15)18(25)26-9-16(24)23-17-12(20)5-3-6-13(17)21/h1-8H,9H2,(H,23,24). The van der Waals surface area contributed by atoms with Gasteiger partial charge in [-0.15, -0.1) is 0 Å². The molecule has 0 bridgehead atoms. The zero-order valence-corrected chi connectivity index (χ0v) is 13.9. The van der Waals surface area contributed by atoms with Crippen LogP contribution >= 0.6 is 11.6 Å². The Labute approximate surface area is 151 Å². The quantitative estimate of drug-likeness (QED) is 0.552. The van der Waals surface area contributed by atoms with E-state index in [1.54, 1.807) is 24.3 Å². The van der Waals surface area contributed by atoms with Gasteiger partial charge in [0.1, 0.15) is 22.5 Å². The summed E-state index contributed by atoms with van der Waals surface area (Å²) in [6.45, 7) is -0.721. The van der Waals surface area contributed by atoms with E-state index in [2.05, 4.69) is 4.98 Å².